The molecular weight excluding hydrogens is 783 g/mol. The Morgan fingerprint density at radius 1 is 0.571 bits per heavy atom. The smallest absolute Gasteiger partial charge is 0.423 e. The first kappa shape index (κ1) is 42.6. The number of ether oxygens (including phenoxy) is 2. The number of rotatable bonds is 8. The van der Waals surface area contributed by atoms with Crippen molar-refractivity contribution in [3.63, 3.8) is 0 Å². The molecule has 6 fully saturated rings. The minimum atomic E-state index is -1.97. The summed E-state index contributed by atoms with van der Waals surface area (Å²) >= 11 is 3.51. The molecule has 4 heterocycles. The molecule has 10 rings (SSSR count). The van der Waals surface area contributed by atoms with Gasteiger partial charge in [-0.1, -0.05) is 103 Å². The van der Waals surface area contributed by atoms with Gasteiger partial charge in [-0.25, -0.2) is 17.6 Å². The SMILES string of the molecule is CCCC12CCC(c3ccc(-c4ccc(C)c(F)c4F)cc3)(CC1)OC2.CCCC12CCC(c3ccc(Br)cc3)(CC1)OC2.Cc1ccc(B(O)O)c(F)c1F. The summed E-state index contributed by atoms with van der Waals surface area (Å²) in [6, 6.07) is 22.3. The third kappa shape index (κ3) is 8.70. The summed E-state index contributed by atoms with van der Waals surface area (Å²) in [6.45, 7) is 9.33. The van der Waals surface area contributed by atoms with Crippen LogP contribution in [0.2, 0.25) is 0 Å². The molecule has 4 saturated heterocycles. The van der Waals surface area contributed by atoms with Gasteiger partial charge in [0.05, 0.1) is 24.4 Å². The molecule has 10 heteroatoms. The van der Waals surface area contributed by atoms with E-state index in [-0.39, 0.29) is 16.8 Å². The van der Waals surface area contributed by atoms with E-state index in [0.29, 0.717) is 27.5 Å². The fourth-order valence-electron chi connectivity index (χ4n) is 9.41. The Kier molecular flexibility index (Phi) is 13.3. The second-order valence-electron chi connectivity index (χ2n) is 16.7. The quantitative estimate of drug-likeness (QED) is 0.137. The van der Waals surface area contributed by atoms with Crippen LogP contribution in [0.15, 0.2) is 77.3 Å². The molecule has 4 aromatic rings. The van der Waals surface area contributed by atoms with Gasteiger partial charge >= 0.3 is 7.12 Å². The van der Waals surface area contributed by atoms with Crippen molar-refractivity contribution in [2.75, 3.05) is 13.2 Å². The van der Waals surface area contributed by atoms with Crippen LogP contribution in [0.1, 0.15) is 113 Å². The Bertz CT molecular complexity index is 1920. The second-order valence-corrected chi connectivity index (χ2v) is 17.6. The molecule has 2 aliphatic carbocycles. The maximum atomic E-state index is 14.3. The monoisotopic (exact) mass is 836 g/mol. The molecule has 0 radical (unpaired) electrons. The molecule has 4 nitrogen and oxygen atoms in total. The standard InChI is InChI=1S/C23H26F2O.C16H21BrO.C7H7BF2O2/c1-3-10-22-11-13-23(14-12-22,26-15-22)18-7-5-17(6-8-18)19-9-4-16(2)20(24)21(19)25;1-2-7-15-8-10-16(11-9-15,18-12-15)13-3-5-14(17)6-4-13;1-4-2-3-5(8(11)12)7(10)6(4)9/h4-9H,3,10-15H2,1-2H3;3-6H,2,7-12H2,1H3;2-3,11-12H,1H3. The Morgan fingerprint density at radius 3 is 1.41 bits per heavy atom. The van der Waals surface area contributed by atoms with Crippen LogP contribution in [0.5, 0.6) is 0 Å². The van der Waals surface area contributed by atoms with Crippen LogP contribution in [0.3, 0.4) is 0 Å². The lowest BCUT2D eigenvalue weighted by Gasteiger charge is -2.53. The first-order valence-electron chi connectivity index (χ1n) is 20.1. The van der Waals surface area contributed by atoms with Crippen LogP contribution >= 0.6 is 15.9 Å². The van der Waals surface area contributed by atoms with Crippen molar-refractivity contribution >= 4 is 28.5 Å². The van der Waals surface area contributed by atoms with E-state index in [2.05, 4.69) is 54.0 Å². The number of hydrogen-bond acceptors (Lipinski definition) is 4. The van der Waals surface area contributed by atoms with E-state index in [1.165, 1.54) is 88.3 Å². The van der Waals surface area contributed by atoms with Crippen molar-refractivity contribution in [3.05, 3.63) is 123 Å². The normalized spacial score (nSPS) is 26.2. The summed E-state index contributed by atoms with van der Waals surface area (Å²) < 4.78 is 67.6. The number of aryl methyl sites for hydroxylation is 2. The van der Waals surface area contributed by atoms with Crippen LogP contribution in [-0.2, 0) is 20.7 Å². The first-order valence-corrected chi connectivity index (χ1v) is 20.9. The topological polar surface area (TPSA) is 58.9 Å². The van der Waals surface area contributed by atoms with Gasteiger partial charge in [0.15, 0.2) is 23.3 Å². The molecule has 0 aromatic heterocycles. The van der Waals surface area contributed by atoms with Gasteiger partial charge in [0.25, 0.3) is 0 Å². The molecule has 2 saturated carbocycles. The molecule has 0 unspecified atom stereocenters. The van der Waals surface area contributed by atoms with Crippen LogP contribution in [0.25, 0.3) is 11.1 Å². The zero-order valence-corrected chi connectivity index (χ0v) is 34.6. The van der Waals surface area contributed by atoms with Gasteiger partial charge < -0.3 is 19.5 Å². The van der Waals surface area contributed by atoms with Crippen molar-refractivity contribution in [3.8, 4) is 11.1 Å². The lowest BCUT2D eigenvalue weighted by molar-refractivity contribution is -0.191. The van der Waals surface area contributed by atoms with Crippen molar-refractivity contribution in [2.24, 2.45) is 10.8 Å². The minimum absolute atomic E-state index is 0.0240. The molecule has 0 amide bonds. The summed E-state index contributed by atoms with van der Waals surface area (Å²) in [5, 5.41) is 17.1. The molecule has 300 valence electrons. The zero-order valence-electron chi connectivity index (χ0n) is 33.0. The molecule has 0 atom stereocenters. The van der Waals surface area contributed by atoms with E-state index >= 15 is 0 Å². The van der Waals surface area contributed by atoms with Crippen molar-refractivity contribution in [1.82, 2.24) is 0 Å². The molecular formula is C46H54BBrF4O4. The van der Waals surface area contributed by atoms with Gasteiger partial charge in [-0.2, -0.15) is 0 Å². The lowest BCUT2D eigenvalue weighted by Crippen LogP contribution is -2.49. The Balaban J connectivity index is 0.000000154. The maximum Gasteiger partial charge on any atom is 0.491 e. The Morgan fingerprint density at radius 2 is 1.00 bits per heavy atom. The fourth-order valence-corrected chi connectivity index (χ4v) is 9.68. The van der Waals surface area contributed by atoms with Crippen LogP contribution in [-0.4, -0.2) is 30.4 Å². The third-order valence-electron chi connectivity index (χ3n) is 13.1. The number of fused-ring (bicyclic) bond motifs is 6. The van der Waals surface area contributed by atoms with Gasteiger partial charge in [0.1, 0.15) is 0 Å². The number of halogens is 5. The highest BCUT2D eigenvalue weighted by molar-refractivity contribution is 9.10. The lowest BCUT2D eigenvalue weighted by atomic mass is 9.62. The molecule has 4 bridgehead atoms. The van der Waals surface area contributed by atoms with E-state index in [9.17, 15) is 17.6 Å². The number of hydrogen-bond donors (Lipinski definition) is 2. The van der Waals surface area contributed by atoms with Gasteiger partial charge in [0, 0.05) is 15.5 Å². The van der Waals surface area contributed by atoms with Crippen LogP contribution in [0.4, 0.5) is 17.6 Å². The summed E-state index contributed by atoms with van der Waals surface area (Å²) in [7, 11) is -1.97. The highest BCUT2D eigenvalue weighted by Crippen LogP contribution is 2.56. The summed E-state index contributed by atoms with van der Waals surface area (Å²) in [4.78, 5) is 0. The molecule has 2 N–H and O–H groups in total. The average molecular weight is 838 g/mol. The van der Waals surface area contributed by atoms with E-state index in [1.54, 1.807) is 19.1 Å². The fraction of sp³-hybridized carbons (Fsp3) is 0.478. The van der Waals surface area contributed by atoms with E-state index in [1.807, 2.05) is 24.3 Å². The van der Waals surface area contributed by atoms with E-state index < -0.39 is 35.9 Å². The second kappa shape index (κ2) is 17.5. The summed E-state index contributed by atoms with van der Waals surface area (Å²) in [5.41, 5.74) is 4.30. The zero-order chi connectivity index (χ0) is 40.3. The minimum Gasteiger partial charge on any atom is -0.423 e. The largest absolute Gasteiger partial charge is 0.491 e. The molecule has 6 aliphatic rings. The van der Waals surface area contributed by atoms with Crippen LogP contribution < -0.4 is 5.46 Å². The van der Waals surface area contributed by atoms with Crippen molar-refractivity contribution in [1.29, 1.82) is 0 Å². The highest BCUT2D eigenvalue weighted by atomic mass is 79.9. The van der Waals surface area contributed by atoms with Crippen molar-refractivity contribution in [2.45, 2.75) is 116 Å². The third-order valence-corrected chi connectivity index (χ3v) is 13.6. The first-order chi connectivity index (χ1) is 26.7. The molecule has 4 aromatic carbocycles. The van der Waals surface area contributed by atoms with E-state index in [4.69, 9.17) is 19.5 Å². The highest BCUT2D eigenvalue weighted by Gasteiger charge is 2.51. The Hall–Kier alpha value is -3.02. The predicted molar refractivity (Wildman–Crippen MR) is 218 cm³/mol. The van der Waals surface area contributed by atoms with E-state index in [0.717, 1.165) is 36.6 Å². The molecule has 0 spiro atoms. The number of benzene rings is 4. The van der Waals surface area contributed by atoms with Crippen LogP contribution in [0, 0.1) is 47.9 Å². The predicted octanol–water partition coefficient (Wildman–Crippen LogP) is 11.5. The van der Waals surface area contributed by atoms with Gasteiger partial charge in [0.2, 0.25) is 0 Å². The van der Waals surface area contributed by atoms with Gasteiger partial charge in [-0.3, -0.25) is 0 Å². The van der Waals surface area contributed by atoms with Crippen molar-refractivity contribution < 1.29 is 37.1 Å². The van der Waals surface area contributed by atoms with Gasteiger partial charge in [-0.05, 0) is 129 Å². The summed E-state index contributed by atoms with van der Waals surface area (Å²) in [6.07, 6.45) is 14.7. The molecule has 4 aliphatic heterocycles. The molecule has 56 heavy (non-hydrogen) atoms. The Labute approximate surface area is 338 Å². The average Bonchev–Trinajstić information content (AvgIpc) is 3.21. The van der Waals surface area contributed by atoms with Gasteiger partial charge in [-0.15, -0.1) is 0 Å². The summed E-state index contributed by atoms with van der Waals surface area (Å²) in [5.74, 6) is -3.78. The maximum absolute atomic E-state index is 14.3.